The first-order valence-electron chi connectivity index (χ1n) is 9.66. The van der Waals surface area contributed by atoms with Crippen LogP contribution in [0.3, 0.4) is 0 Å². The van der Waals surface area contributed by atoms with Gasteiger partial charge in [-0.15, -0.1) is 0 Å². The van der Waals surface area contributed by atoms with Gasteiger partial charge in [0.15, 0.2) is 0 Å². The summed E-state index contributed by atoms with van der Waals surface area (Å²) in [6.45, 7) is 4.12. The molecule has 4 rings (SSSR count). The van der Waals surface area contributed by atoms with Crippen molar-refractivity contribution in [3.8, 4) is 0 Å². The minimum Gasteiger partial charge on any atom is -0.372 e. The molecule has 2 aliphatic rings. The Kier molecular flexibility index (Phi) is 4.81. The Morgan fingerprint density at radius 1 is 1.07 bits per heavy atom. The van der Waals surface area contributed by atoms with E-state index in [1.54, 1.807) is 0 Å². The largest absolute Gasteiger partial charge is 0.416 e. The molecule has 148 valence electrons. The van der Waals surface area contributed by atoms with Crippen LogP contribution < -0.4 is 10.2 Å². The average molecular weight is 388 g/mol. The summed E-state index contributed by atoms with van der Waals surface area (Å²) in [6, 6.07) is 11.2. The van der Waals surface area contributed by atoms with Crippen molar-refractivity contribution in [3.05, 3.63) is 59.2 Å². The van der Waals surface area contributed by atoms with E-state index < -0.39 is 11.7 Å². The van der Waals surface area contributed by atoms with Crippen LogP contribution in [0.25, 0.3) is 0 Å². The summed E-state index contributed by atoms with van der Waals surface area (Å²) in [5.74, 6) is -0.261. The monoisotopic (exact) mass is 388 g/mol. The number of hydrogen-bond donors (Lipinski definition) is 1. The van der Waals surface area contributed by atoms with E-state index in [1.807, 2.05) is 19.1 Å². The highest BCUT2D eigenvalue weighted by atomic mass is 19.4. The fraction of sp³-hybridized carbons (Fsp3) is 0.409. The van der Waals surface area contributed by atoms with Crippen LogP contribution in [0, 0.1) is 12.8 Å². The van der Waals surface area contributed by atoms with Gasteiger partial charge in [-0.2, -0.15) is 13.2 Å². The lowest BCUT2D eigenvalue weighted by atomic mass is 10.1. The van der Waals surface area contributed by atoms with Crippen molar-refractivity contribution in [2.24, 2.45) is 5.92 Å². The van der Waals surface area contributed by atoms with Crippen LogP contribution in [0.4, 0.5) is 24.5 Å². The molecule has 1 N–H and O–H groups in total. The molecule has 1 aliphatic heterocycles. The second kappa shape index (κ2) is 7.15. The van der Waals surface area contributed by atoms with Crippen LogP contribution in [0.15, 0.2) is 42.5 Å². The van der Waals surface area contributed by atoms with E-state index in [-0.39, 0.29) is 17.7 Å². The van der Waals surface area contributed by atoms with Gasteiger partial charge in [-0.05, 0) is 73.6 Å². The van der Waals surface area contributed by atoms with E-state index in [0.29, 0.717) is 6.42 Å². The number of carbonyl (C=O) groups is 1. The third-order valence-corrected chi connectivity index (χ3v) is 5.73. The number of nitrogens with zero attached hydrogens (tertiary/aromatic N) is 1. The first kappa shape index (κ1) is 18.8. The van der Waals surface area contributed by atoms with Gasteiger partial charge >= 0.3 is 6.18 Å². The summed E-state index contributed by atoms with van der Waals surface area (Å²) >= 11 is 0. The molecule has 3 nitrogen and oxygen atoms in total. The molecule has 2 aromatic rings. The molecule has 1 saturated carbocycles. The number of rotatable bonds is 4. The molecule has 1 amide bonds. The van der Waals surface area contributed by atoms with Crippen LogP contribution in [0.1, 0.15) is 41.9 Å². The quantitative estimate of drug-likeness (QED) is 0.765. The third-order valence-electron chi connectivity index (χ3n) is 5.73. The average Bonchev–Trinajstić information content (AvgIpc) is 3.28. The maximum absolute atomic E-state index is 12.7. The van der Waals surface area contributed by atoms with E-state index in [9.17, 15) is 18.0 Å². The van der Waals surface area contributed by atoms with E-state index in [0.717, 1.165) is 42.0 Å². The molecular weight excluding hydrogens is 365 g/mol. The molecule has 1 heterocycles. The SMILES string of the molecule is Cc1cc(N2CCCC2)ccc1NC(=O)C1CC1c1ccc(C(F)(F)F)cc1. The minimum absolute atomic E-state index is 0.00790. The molecular formula is C22H23F3N2O. The molecule has 2 unspecified atom stereocenters. The number of amides is 1. The molecule has 0 bridgehead atoms. The van der Waals surface area contributed by atoms with E-state index >= 15 is 0 Å². The molecule has 0 aromatic heterocycles. The minimum atomic E-state index is -4.34. The van der Waals surface area contributed by atoms with Gasteiger partial charge in [0.25, 0.3) is 0 Å². The number of halogens is 3. The zero-order valence-corrected chi connectivity index (χ0v) is 15.7. The van der Waals surface area contributed by atoms with Gasteiger partial charge < -0.3 is 10.2 Å². The third kappa shape index (κ3) is 3.86. The Bertz CT molecular complexity index is 870. The Hall–Kier alpha value is -2.50. The van der Waals surface area contributed by atoms with Crippen LogP contribution >= 0.6 is 0 Å². The highest BCUT2D eigenvalue weighted by molar-refractivity contribution is 5.96. The standard InChI is InChI=1S/C22H23F3N2O/c1-14-12-17(27-10-2-3-11-27)8-9-20(14)26-21(28)19-13-18(19)15-4-6-16(7-5-15)22(23,24)25/h4-9,12,18-19H,2-3,10-11,13H2,1H3,(H,26,28). The summed E-state index contributed by atoms with van der Waals surface area (Å²) in [5, 5.41) is 2.99. The number of alkyl halides is 3. The van der Waals surface area contributed by atoms with Crippen molar-refractivity contribution in [2.45, 2.75) is 38.3 Å². The van der Waals surface area contributed by atoms with Gasteiger partial charge in [0.05, 0.1) is 5.56 Å². The fourth-order valence-corrected chi connectivity index (χ4v) is 3.96. The molecule has 0 spiro atoms. The van der Waals surface area contributed by atoms with Crippen LogP contribution in [0.5, 0.6) is 0 Å². The van der Waals surface area contributed by atoms with E-state index in [4.69, 9.17) is 0 Å². The molecule has 2 atom stereocenters. The number of nitrogens with one attached hydrogen (secondary N) is 1. The molecule has 0 radical (unpaired) electrons. The Labute approximate surface area is 162 Å². The number of carbonyl (C=O) groups excluding carboxylic acids is 1. The van der Waals surface area contributed by atoms with Gasteiger partial charge in [0.2, 0.25) is 5.91 Å². The highest BCUT2D eigenvalue weighted by Gasteiger charge is 2.44. The second-order valence-corrected chi connectivity index (χ2v) is 7.75. The van der Waals surface area contributed by atoms with Crippen molar-refractivity contribution in [1.29, 1.82) is 0 Å². The first-order chi connectivity index (χ1) is 13.3. The van der Waals surface area contributed by atoms with Gasteiger partial charge in [-0.3, -0.25) is 4.79 Å². The van der Waals surface area contributed by atoms with Crippen molar-refractivity contribution in [2.75, 3.05) is 23.3 Å². The summed E-state index contributed by atoms with van der Waals surface area (Å²) in [4.78, 5) is 14.9. The van der Waals surface area contributed by atoms with Gasteiger partial charge in [0, 0.05) is 30.4 Å². The highest BCUT2D eigenvalue weighted by Crippen LogP contribution is 2.48. The molecule has 1 saturated heterocycles. The predicted octanol–water partition coefficient (Wildman–Crippen LogP) is 5.36. The fourth-order valence-electron chi connectivity index (χ4n) is 3.96. The van der Waals surface area contributed by atoms with Crippen molar-refractivity contribution in [1.82, 2.24) is 0 Å². The lowest BCUT2D eigenvalue weighted by Gasteiger charge is -2.19. The number of hydrogen-bond acceptors (Lipinski definition) is 2. The Morgan fingerprint density at radius 3 is 2.36 bits per heavy atom. The Morgan fingerprint density at radius 2 is 1.75 bits per heavy atom. The first-order valence-corrected chi connectivity index (χ1v) is 9.66. The van der Waals surface area contributed by atoms with Gasteiger partial charge in [-0.1, -0.05) is 12.1 Å². The lowest BCUT2D eigenvalue weighted by molar-refractivity contribution is -0.137. The maximum atomic E-state index is 12.7. The number of aryl methyl sites for hydroxylation is 1. The smallest absolute Gasteiger partial charge is 0.372 e. The van der Waals surface area contributed by atoms with Crippen molar-refractivity contribution >= 4 is 17.3 Å². The molecule has 28 heavy (non-hydrogen) atoms. The van der Waals surface area contributed by atoms with Crippen LogP contribution in [-0.4, -0.2) is 19.0 Å². The topological polar surface area (TPSA) is 32.3 Å². The molecule has 2 fully saturated rings. The Balaban J connectivity index is 1.38. The summed E-state index contributed by atoms with van der Waals surface area (Å²) in [7, 11) is 0. The molecule has 6 heteroatoms. The molecule has 2 aromatic carbocycles. The molecule has 1 aliphatic carbocycles. The number of anilines is 2. The zero-order valence-electron chi connectivity index (χ0n) is 15.7. The predicted molar refractivity (Wildman–Crippen MR) is 104 cm³/mol. The second-order valence-electron chi connectivity index (χ2n) is 7.75. The summed E-state index contributed by atoms with van der Waals surface area (Å²) in [6.07, 6.45) is -1.24. The van der Waals surface area contributed by atoms with Crippen LogP contribution in [0.2, 0.25) is 0 Å². The zero-order chi connectivity index (χ0) is 19.9. The number of benzene rings is 2. The van der Waals surface area contributed by atoms with Crippen LogP contribution in [-0.2, 0) is 11.0 Å². The van der Waals surface area contributed by atoms with Gasteiger partial charge in [0.1, 0.15) is 0 Å². The van der Waals surface area contributed by atoms with Crippen molar-refractivity contribution in [3.63, 3.8) is 0 Å². The van der Waals surface area contributed by atoms with E-state index in [1.165, 1.54) is 30.7 Å². The lowest BCUT2D eigenvalue weighted by Crippen LogP contribution is -2.18. The van der Waals surface area contributed by atoms with E-state index in [2.05, 4.69) is 16.3 Å². The summed E-state index contributed by atoms with van der Waals surface area (Å²) < 4.78 is 38.0. The summed E-state index contributed by atoms with van der Waals surface area (Å²) in [5.41, 5.74) is 3.12. The van der Waals surface area contributed by atoms with Crippen molar-refractivity contribution < 1.29 is 18.0 Å². The normalized spacial score (nSPS) is 21.6. The van der Waals surface area contributed by atoms with Gasteiger partial charge in [-0.25, -0.2) is 0 Å². The maximum Gasteiger partial charge on any atom is 0.416 e.